The molecule has 1 aromatic rings. The molecule has 0 aliphatic heterocycles. The van der Waals surface area contributed by atoms with Crippen LogP contribution in [0.3, 0.4) is 0 Å². The van der Waals surface area contributed by atoms with Gasteiger partial charge in [0, 0.05) is 7.05 Å². The van der Waals surface area contributed by atoms with Crippen molar-refractivity contribution in [2.45, 2.75) is 24.3 Å². The second-order valence-electron chi connectivity index (χ2n) is 3.38. The number of carbonyl (C=O) groups is 1. The Morgan fingerprint density at radius 1 is 1.53 bits per heavy atom. The van der Waals surface area contributed by atoms with Crippen LogP contribution in [0.15, 0.2) is 11.4 Å². The molecule has 6 nitrogen and oxygen atoms in total. The second kappa shape index (κ2) is 3.65. The number of nitrogens with zero attached hydrogens (tertiary/aromatic N) is 2. The first-order valence-electron chi connectivity index (χ1n) is 4.27. The Morgan fingerprint density at radius 2 is 2.07 bits per heavy atom. The van der Waals surface area contributed by atoms with E-state index in [-0.39, 0.29) is 10.9 Å². The van der Waals surface area contributed by atoms with E-state index in [0.29, 0.717) is 0 Å². The van der Waals surface area contributed by atoms with Crippen LogP contribution in [0.4, 0.5) is 0 Å². The minimum absolute atomic E-state index is 0.144. The standard InChI is InChI=1S/C8H12N2O4S/c1-5(2)15(13,14)8-9-4-6(7(11)12)10(8)3/h4-5H,1-3H3,(H,11,12). The molecule has 1 rings (SSSR count). The normalized spacial score (nSPS) is 12.0. The summed E-state index contributed by atoms with van der Waals surface area (Å²) in [5.41, 5.74) is -0.144. The minimum Gasteiger partial charge on any atom is -0.477 e. The molecule has 0 aliphatic rings. The van der Waals surface area contributed by atoms with Crippen LogP contribution in [0.2, 0.25) is 0 Å². The van der Waals surface area contributed by atoms with Crippen LogP contribution in [0.25, 0.3) is 0 Å². The summed E-state index contributed by atoms with van der Waals surface area (Å²) in [6.45, 7) is 3.04. The van der Waals surface area contributed by atoms with Gasteiger partial charge in [-0.05, 0) is 13.8 Å². The molecule has 0 unspecified atom stereocenters. The highest BCUT2D eigenvalue weighted by atomic mass is 32.2. The summed E-state index contributed by atoms with van der Waals surface area (Å²) in [4.78, 5) is 14.3. The summed E-state index contributed by atoms with van der Waals surface area (Å²) in [5.74, 6) is -1.20. The van der Waals surface area contributed by atoms with E-state index < -0.39 is 21.1 Å². The highest BCUT2D eigenvalue weighted by molar-refractivity contribution is 7.91. The smallest absolute Gasteiger partial charge is 0.354 e. The molecule has 0 amide bonds. The third-order valence-corrected chi connectivity index (χ3v) is 4.17. The topological polar surface area (TPSA) is 89.3 Å². The van der Waals surface area contributed by atoms with Crippen LogP contribution in [0.1, 0.15) is 24.3 Å². The van der Waals surface area contributed by atoms with Gasteiger partial charge >= 0.3 is 5.97 Å². The van der Waals surface area contributed by atoms with Crippen molar-refractivity contribution in [1.29, 1.82) is 0 Å². The molecule has 7 heteroatoms. The summed E-state index contributed by atoms with van der Waals surface area (Å²) in [5, 5.41) is 7.89. The fourth-order valence-corrected chi connectivity index (χ4v) is 2.17. The molecule has 0 saturated heterocycles. The van der Waals surface area contributed by atoms with E-state index in [4.69, 9.17) is 5.11 Å². The van der Waals surface area contributed by atoms with Gasteiger partial charge in [0.05, 0.1) is 11.4 Å². The highest BCUT2D eigenvalue weighted by Gasteiger charge is 2.26. The van der Waals surface area contributed by atoms with Crippen molar-refractivity contribution in [3.05, 3.63) is 11.9 Å². The number of aromatic nitrogens is 2. The third kappa shape index (κ3) is 1.87. The number of imidazole rings is 1. The minimum atomic E-state index is -3.53. The summed E-state index contributed by atoms with van der Waals surface area (Å²) >= 11 is 0. The van der Waals surface area contributed by atoms with Crippen LogP contribution >= 0.6 is 0 Å². The zero-order valence-corrected chi connectivity index (χ0v) is 9.45. The van der Waals surface area contributed by atoms with E-state index >= 15 is 0 Å². The lowest BCUT2D eigenvalue weighted by molar-refractivity contribution is 0.0685. The first-order chi connectivity index (χ1) is 6.78. The Kier molecular flexibility index (Phi) is 2.85. The third-order valence-electron chi connectivity index (χ3n) is 2.04. The van der Waals surface area contributed by atoms with Crippen molar-refractivity contribution in [2.24, 2.45) is 7.05 Å². The lowest BCUT2D eigenvalue weighted by Gasteiger charge is -2.07. The van der Waals surface area contributed by atoms with Crippen molar-refractivity contribution in [3.8, 4) is 0 Å². The van der Waals surface area contributed by atoms with E-state index in [1.807, 2.05) is 0 Å². The van der Waals surface area contributed by atoms with Crippen LogP contribution in [-0.2, 0) is 16.9 Å². The molecule has 1 N–H and O–H groups in total. The van der Waals surface area contributed by atoms with E-state index in [9.17, 15) is 13.2 Å². The number of hydrogen-bond donors (Lipinski definition) is 1. The molecule has 0 spiro atoms. The highest BCUT2D eigenvalue weighted by Crippen LogP contribution is 2.15. The molecule has 0 atom stereocenters. The molecular weight excluding hydrogens is 220 g/mol. The van der Waals surface area contributed by atoms with Crippen molar-refractivity contribution in [2.75, 3.05) is 0 Å². The predicted molar refractivity (Wildman–Crippen MR) is 52.5 cm³/mol. The van der Waals surface area contributed by atoms with Crippen LogP contribution in [0.5, 0.6) is 0 Å². The Morgan fingerprint density at radius 3 is 2.40 bits per heavy atom. The average Bonchev–Trinajstić information content (AvgIpc) is 2.46. The summed E-state index contributed by atoms with van der Waals surface area (Å²) in [6.07, 6.45) is 1.04. The predicted octanol–water partition coefficient (Wildman–Crippen LogP) is 0.300. The lowest BCUT2D eigenvalue weighted by Crippen LogP contribution is -2.19. The number of aromatic carboxylic acids is 1. The Balaban J connectivity index is 3.37. The maximum absolute atomic E-state index is 11.7. The van der Waals surface area contributed by atoms with Gasteiger partial charge in [-0.25, -0.2) is 18.2 Å². The largest absolute Gasteiger partial charge is 0.477 e. The van der Waals surface area contributed by atoms with E-state index in [2.05, 4.69) is 4.98 Å². The van der Waals surface area contributed by atoms with Gasteiger partial charge in [-0.15, -0.1) is 0 Å². The molecule has 1 heterocycles. The van der Waals surface area contributed by atoms with Gasteiger partial charge in [0.1, 0.15) is 5.69 Å². The zero-order valence-electron chi connectivity index (χ0n) is 8.63. The number of carboxylic acids is 1. The summed E-state index contributed by atoms with van der Waals surface area (Å²) in [6, 6.07) is 0. The maximum Gasteiger partial charge on any atom is 0.354 e. The number of rotatable bonds is 3. The SMILES string of the molecule is CC(C)S(=O)(=O)c1ncc(C(=O)O)n1C. The number of carboxylic acid groups (broad SMARTS) is 1. The number of hydrogen-bond acceptors (Lipinski definition) is 4. The quantitative estimate of drug-likeness (QED) is 0.809. The fourth-order valence-electron chi connectivity index (χ4n) is 1.07. The van der Waals surface area contributed by atoms with E-state index in [0.717, 1.165) is 10.8 Å². The van der Waals surface area contributed by atoms with Gasteiger partial charge in [-0.1, -0.05) is 0 Å². The Bertz CT molecular complexity index is 487. The maximum atomic E-state index is 11.7. The van der Waals surface area contributed by atoms with E-state index in [1.54, 1.807) is 0 Å². The Labute approximate surface area is 87.5 Å². The molecule has 1 aromatic heterocycles. The second-order valence-corrected chi connectivity index (χ2v) is 5.78. The molecule has 15 heavy (non-hydrogen) atoms. The van der Waals surface area contributed by atoms with Gasteiger partial charge < -0.3 is 9.67 Å². The molecule has 0 aromatic carbocycles. The monoisotopic (exact) mass is 232 g/mol. The van der Waals surface area contributed by atoms with Gasteiger partial charge in [0.2, 0.25) is 15.0 Å². The first kappa shape index (κ1) is 11.7. The first-order valence-corrected chi connectivity index (χ1v) is 5.82. The molecule has 0 aliphatic carbocycles. The van der Waals surface area contributed by atoms with Gasteiger partial charge in [0.15, 0.2) is 0 Å². The van der Waals surface area contributed by atoms with Crippen molar-refractivity contribution in [1.82, 2.24) is 9.55 Å². The molecule has 84 valence electrons. The van der Waals surface area contributed by atoms with Gasteiger partial charge in [-0.2, -0.15) is 0 Å². The van der Waals surface area contributed by atoms with Crippen LogP contribution < -0.4 is 0 Å². The molecular formula is C8H12N2O4S. The van der Waals surface area contributed by atoms with Gasteiger partial charge in [0.25, 0.3) is 0 Å². The summed E-state index contributed by atoms with van der Waals surface area (Å²) in [7, 11) is -2.16. The van der Waals surface area contributed by atoms with Crippen molar-refractivity contribution in [3.63, 3.8) is 0 Å². The summed E-state index contributed by atoms with van der Waals surface area (Å²) < 4.78 is 24.5. The molecule has 0 saturated carbocycles. The molecule has 0 fully saturated rings. The molecule has 0 radical (unpaired) electrons. The van der Waals surface area contributed by atoms with Crippen molar-refractivity contribution < 1.29 is 18.3 Å². The van der Waals surface area contributed by atoms with Crippen LogP contribution in [-0.4, -0.2) is 34.3 Å². The lowest BCUT2D eigenvalue weighted by atomic mass is 10.5. The van der Waals surface area contributed by atoms with Gasteiger partial charge in [-0.3, -0.25) is 0 Å². The average molecular weight is 232 g/mol. The van der Waals surface area contributed by atoms with Crippen molar-refractivity contribution >= 4 is 15.8 Å². The zero-order chi connectivity index (χ0) is 11.8. The fraction of sp³-hybridized carbons (Fsp3) is 0.500. The van der Waals surface area contributed by atoms with E-state index in [1.165, 1.54) is 20.9 Å². The van der Waals surface area contributed by atoms with Crippen LogP contribution in [0, 0.1) is 0 Å². The molecule has 0 bridgehead atoms. The number of sulfone groups is 1. The Hall–Kier alpha value is -1.37.